The van der Waals surface area contributed by atoms with Crippen LogP contribution in [0.4, 0.5) is 0 Å². The number of rotatable bonds is 8. The third-order valence-electron chi connectivity index (χ3n) is 4.94. The molecule has 2 unspecified atom stereocenters. The Morgan fingerprint density at radius 1 is 1.40 bits per heavy atom. The van der Waals surface area contributed by atoms with Crippen LogP contribution in [-0.4, -0.2) is 68.7 Å². The van der Waals surface area contributed by atoms with Crippen LogP contribution in [0.1, 0.15) is 25.8 Å². The van der Waals surface area contributed by atoms with Gasteiger partial charge in [0.25, 0.3) is 0 Å². The van der Waals surface area contributed by atoms with Crippen molar-refractivity contribution >= 4 is 5.96 Å². The first-order chi connectivity index (χ1) is 12.1. The maximum Gasteiger partial charge on any atom is 0.193 e. The molecule has 140 valence electrons. The van der Waals surface area contributed by atoms with Crippen molar-refractivity contribution in [2.45, 2.75) is 32.9 Å². The van der Waals surface area contributed by atoms with Crippen molar-refractivity contribution in [2.24, 2.45) is 10.9 Å². The predicted octanol–water partition coefficient (Wildman–Crippen LogP) is 2.44. The fourth-order valence-corrected chi connectivity index (χ4v) is 3.20. The number of aliphatic imine (C=N–C) groups is 1. The first kappa shape index (κ1) is 19.7. The molecule has 5 heteroatoms. The third kappa shape index (κ3) is 6.33. The highest BCUT2D eigenvalue weighted by molar-refractivity contribution is 5.80. The molecule has 2 atom stereocenters. The third-order valence-corrected chi connectivity index (χ3v) is 4.94. The van der Waals surface area contributed by atoms with E-state index >= 15 is 0 Å². The molecule has 1 saturated heterocycles. The normalized spacial score (nSPS) is 19.5. The summed E-state index contributed by atoms with van der Waals surface area (Å²) in [6.45, 7) is 9.92. The smallest absolute Gasteiger partial charge is 0.193 e. The fraction of sp³-hybridized carbons (Fsp3) is 0.650. The number of guanidine groups is 1. The van der Waals surface area contributed by atoms with Crippen molar-refractivity contribution in [3.63, 3.8) is 0 Å². The van der Waals surface area contributed by atoms with Gasteiger partial charge >= 0.3 is 0 Å². The summed E-state index contributed by atoms with van der Waals surface area (Å²) in [5.74, 6) is 1.63. The lowest BCUT2D eigenvalue weighted by atomic mass is 10.1. The molecular weight excluding hydrogens is 312 g/mol. The summed E-state index contributed by atoms with van der Waals surface area (Å²) in [7, 11) is 4.05. The van der Waals surface area contributed by atoms with Crippen LogP contribution in [0, 0.1) is 5.92 Å². The average molecular weight is 347 g/mol. The van der Waals surface area contributed by atoms with Crippen LogP contribution in [0.3, 0.4) is 0 Å². The van der Waals surface area contributed by atoms with E-state index in [1.54, 1.807) is 0 Å². The Balaban J connectivity index is 1.76. The Kier molecular flexibility index (Phi) is 8.22. The van der Waals surface area contributed by atoms with Crippen LogP contribution in [0.2, 0.25) is 0 Å². The molecule has 1 aliphatic heterocycles. The van der Waals surface area contributed by atoms with Crippen molar-refractivity contribution in [1.82, 2.24) is 15.1 Å². The van der Waals surface area contributed by atoms with E-state index < -0.39 is 0 Å². The minimum Gasteiger partial charge on any atom is -0.381 e. The van der Waals surface area contributed by atoms with E-state index in [9.17, 15) is 0 Å². The zero-order chi connectivity index (χ0) is 18.1. The van der Waals surface area contributed by atoms with Gasteiger partial charge in [0.1, 0.15) is 0 Å². The van der Waals surface area contributed by atoms with E-state index in [0.717, 1.165) is 45.4 Å². The van der Waals surface area contributed by atoms with Gasteiger partial charge in [-0.2, -0.15) is 0 Å². The number of likely N-dealkylation sites (tertiary alicyclic amines) is 1. The Morgan fingerprint density at radius 3 is 2.84 bits per heavy atom. The highest BCUT2D eigenvalue weighted by Crippen LogP contribution is 2.16. The second-order valence-electron chi connectivity index (χ2n) is 6.94. The van der Waals surface area contributed by atoms with Crippen LogP contribution >= 0.6 is 0 Å². The average Bonchev–Trinajstić information content (AvgIpc) is 3.10. The first-order valence-corrected chi connectivity index (χ1v) is 9.41. The van der Waals surface area contributed by atoms with Gasteiger partial charge in [-0.15, -0.1) is 0 Å². The van der Waals surface area contributed by atoms with Gasteiger partial charge in [0.15, 0.2) is 5.96 Å². The number of nitrogens with one attached hydrogen (secondary N) is 1. The number of hydrogen-bond acceptors (Lipinski definition) is 3. The number of ether oxygens (including phenoxy) is 1. The molecule has 1 N–H and O–H groups in total. The molecule has 0 amide bonds. The SMILES string of the molecule is CCOCC1CCN(C(=NC)NCC(C)N(C)Cc2ccccc2)C1. The van der Waals surface area contributed by atoms with E-state index in [2.05, 4.69) is 71.3 Å². The molecule has 0 spiro atoms. The van der Waals surface area contributed by atoms with Crippen LogP contribution in [0.25, 0.3) is 0 Å². The van der Waals surface area contributed by atoms with Crippen LogP contribution in [-0.2, 0) is 11.3 Å². The summed E-state index contributed by atoms with van der Waals surface area (Å²) < 4.78 is 5.57. The number of benzene rings is 1. The second-order valence-corrected chi connectivity index (χ2v) is 6.94. The largest absolute Gasteiger partial charge is 0.381 e. The van der Waals surface area contributed by atoms with E-state index in [1.807, 2.05) is 7.05 Å². The van der Waals surface area contributed by atoms with Crippen LogP contribution < -0.4 is 5.32 Å². The van der Waals surface area contributed by atoms with Gasteiger partial charge in [-0.05, 0) is 32.9 Å². The van der Waals surface area contributed by atoms with Gasteiger partial charge < -0.3 is 15.0 Å². The van der Waals surface area contributed by atoms with Gasteiger partial charge in [0.2, 0.25) is 0 Å². The van der Waals surface area contributed by atoms with E-state index in [1.165, 1.54) is 12.0 Å². The lowest BCUT2D eigenvalue weighted by Crippen LogP contribution is -2.46. The summed E-state index contributed by atoms with van der Waals surface area (Å²) in [4.78, 5) is 9.20. The van der Waals surface area contributed by atoms with E-state index in [4.69, 9.17) is 4.74 Å². The predicted molar refractivity (Wildman–Crippen MR) is 105 cm³/mol. The summed E-state index contributed by atoms with van der Waals surface area (Å²) in [5, 5.41) is 3.55. The quantitative estimate of drug-likeness (QED) is 0.580. The molecule has 0 saturated carbocycles. The molecule has 1 heterocycles. The van der Waals surface area contributed by atoms with Crippen LogP contribution in [0.5, 0.6) is 0 Å². The standard InChI is InChI=1S/C20H34N4O/c1-5-25-16-19-11-12-24(15-19)20(21-3)22-13-17(2)23(4)14-18-9-7-6-8-10-18/h6-10,17,19H,5,11-16H2,1-4H3,(H,21,22). The maximum atomic E-state index is 5.57. The highest BCUT2D eigenvalue weighted by Gasteiger charge is 2.25. The monoisotopic (exact) mass is 346 g/mol. The molecule has 5 nitrogen and oxygen atoms in total. The summed E-state index contributed by atoms with van der Waals surface area (Å²) in [6, 6.07) is 11.0. The van der Waals surface area contributed by atoms with Crippen molar-refractivity contribution < 1.29 is 4.74 Å². The summed E-state index contributed by atoms with van der Waals surface area (Å²) in [6.07, 6.45) is 1.18. The van der Waals surface area contributed by atoms with Gasteiger partial charge in [0, 0.05) is 51.8 Å². The first-order valence-electron chi connectivity index (χ1n) is 9.41. The zero-order valence-electron chi connectivity index (χ0n) is 16.2. The maximum absolute atomic E-state index is 5.57. The molecule has 0 bridgehead atoms. The Hall–Kier alpha value is -1.59. The zero-order valence-corrected chi connectivity index (χ0v) is 16.2. The van der Waals surface area contributed by atoms with Gasteiger partial charge in [-0.3, -0.25) is 9.89 Å². The summed E-state index contributed by atoms with van der Waals surface area (Å²) >= 11 is 0. The minimum atomic E-state index is 0.429. The number of nitrogens with zero attached hydrogens (tertiary/aromatic N) is 3. The van der Waals surface area contributed by atoms with Crippen LogP contribution in [0.15, 0.2) is 35.3 Å². The Bertz CT molecular complexity index is 520. The molecular formula is C20H34N4O. The molecule has 1 aromatic rings. The number of likely N-dealkylation sites (N-methyl/N-ethyl adjacent to an activating group) is 1. The lowest BCUT2D eigenvalue weighted by molar-refractivity contribution is 0.114. The fourth-order valence-electron chi connectivity index (χ4n) is 3.20. The molecule has 1 aliphatic rings. The van der Waals surface area contributed by atoms with E-state index in [-0.39, 0.29) is 0 Å². The molecule has 1 aromatic carbocycles. The Labute approximate surface area is 153 Å². The Morgan fingerprint density at radius 2 is 2.16 bits per heavy atom. The minimum absolute atomic E-state index is 0.429. The molecule has 1 fully saturated rings. The highest BCUT2D eigenvalue weighted by atomic mass is 16.5. The van der Waals surface area contributed by atoms with Crippen molar-refractivity contribution in [1.29, 1.82) is 0 Å². The van der Waals surface area contributed by atoms with Crippen molar-refractivity contribution in [2.75, 3.05) is 46.9 Å². The number of hydrogen-bond donors (Lipinski definition) is 1. The summed E-state index contributed by atoms with van der Waals surface area (Å²) in [5.41, 5.74) is 1.35. The molecule has 0 aromatic heterocycles. The second kappa shape index (κ2) is 10.4. The van der Waals surface area contributed by atoms with Crippen molar-refractivity contribution in [3.05, 3.63) is 35.9 Å². The molecule has 25 heavy (non-hydrogen) atoms. The van der Waals surface area contributed by atoms with E-state index in [0.29, 0.717) is 12.0 Å². The van der Waals surface area contributed by atoms with Gasteiger partial charge in [-0.25, -0.2) is 0 Å². The van der Waals surface area contributed by atoms with Gasteiger partial charge in [0.05, 0.1) is 6.61 Å². The van der Waals surface area contributed by atoms with Crippen molar-refractivity contribution in [3.8, 4) is 0 Å². The topological polar surface area (TPSA) is 40.1 Å². The molecule has 0 aliphatic carbocycles. The molecule has 2 rings (SSSR count). The van der Waals surface area contributed by atoms with Gasteiger partial charge in [-0.1, -0.05) is 30.3 Å². The molecule has 0 radical (unpaired) electrons. The lowest BCUT2D eigenvalue weighted by Gasteiger charge is -2.28.